The second-order valence-corrected chi connectivity index (χ2v) is 8.32. The van der Waals surface area contributed by atoms with Crippen molar-refractivity contribution in [2.45, 2.75) is 26.7 Å². The van der Waals surface area contributed by atoms with Crippen molar-refractivity contribution in [2.24, 2.45) is 5.73 Å². The Morgan fingerprint density at radius 1 is 1.03 bits per heavy atom. The van der Waals surface area contributed by atoms with Gasteiger partial charge in [-0.3, -0.25) is 9.59 Å². The number of benzene rings is 2. The van der Waals surface area contributed by atoms with Crippen LogP contribution in [0.4, 0.5) is 0 Å². The van der Waals surface area contributed by atoms with Crippen LogP contribution in [0.1, 0.15) is 39.8 Å². The van der Waals surface area contributed by atoms with E-state index in [1.165, 1.54) is 7.11 Å². The number of aryl methyl sites for hydroxylation is 1. The smallest absolute Gasteiger partial charge is 0.343 e. The molecule has 4 rings (SSSR count). The van der Waals surface area contributed by atoms with Gasteiger partial charge in [-0.2, -0.15) is 5.10 Å². The zero-order valence-electron chi connectivity index (χ0n) is 20.4. The van der Waals surface area contributed by atoms with E-state index in [0.717, 1.165) is 22.4 Å². The Labute approximate surface area is 208 Å². The lowest BCUT2D eigenvalue weighted by Crippen LogP contribution is -2.24. The highest BCUT2D eigenvalue weighted by atomic mass is 16.6. The summed E-state index contributed by atoms with van der Waals surface area (Å²) >= 11 is 0. The molecule has 0 aliphatic rings. The number of aromatic nitrogens is 2. The zero-order valence-corrected chi connectivity index (χ0v) is 20.4. The van der Waals surface area contributed by atoms with E-state index < -0.39 is 17.7 Å². The summed E-state index contributed by atoms with van der Waals surface area (Å²) in [7, 11) is 1.26. The molecule has 0 spiro atoms. The van der Waals surface area contributed by atoms with Gasteiger partial charge in [0.1, 0.15) is 11.3 Å². The van der Waals surface area contributed by atoms with Gasteiger partial charge in [-0.25, -0.2) is 9.31 Å². The number of rotatable bonds is 9. The third-order valence-electron chi connectivity index (χ3n) is 6.02. The average Bonchev–Trinajstić information content (AvgIpc) is 3.20. The van der Waals surface area contributed by atoms with Crippen LogP contribution in [-0.2, 0) is 27.2 Å². The Morgan fingerprint density at radius 2 is 1.72 bits per heavy atom. The van der Waals surface area contributed by atoms with E-state index in [1.54, 1.807) is 17.5 Å². The third kappa shape index (κ3) is 4.70. The summed E-state index contributed by atoms with van der Waals surface area (Å²) in [5.74, 6) is -2.24. The van der Waals surface area contributed by atoms with Gasteiger partial charge in [0.2, 0.25) is 0 Å². The van der Waals surface area contributed by atoms with Crippen LogP contribution in [0, 0.1) is 6.92 Å². The highest BCUT2D eigenvalue weighted by Crippen LogP contribution is 2.34. The summed E-state index contributed by atoms with van der Waals surface area (Å²) in [5.41, 5.74) is 11.0. The molecule has 1 amide bonds. The van der Waals surface area contributed by atoms with Crippen LogP contribution in [0.3, 0.4) is 0 Å². The molecule has 184 valence electrons. The number of nitrogens with zero attached hydrogens (tertiary/aromatic N) is 2. The SMILES string of the molecule is CCc1c(C(=O)C(N)=O)c2c(OCC(=O)OC)cc(C)nn2c1Cc1ccccc1-c1ccccc1. The van der Waals surface area contributed by atoms with Gasteiger partial charge in [0.25, 0.3) is 11.7 Å². The summed E-state index contributed by atoms with van der Waals surface area (Å²) in [6, 6.07) is 19.6. The minimum absolute atomic E-state index is 0.143. The number of primary amides is 1. The van der Waals surface area contributed by atoms with Crippen LogP contribution in [-0.4, -0.2) is 41.0 Å². The van der Waals surface area contributed by atoms with Crippen molar-refractivity contribution in [2.75, 3.05) is 13.7 Å². The Morgan fingerprint density at radius 3 is 2.39 bits per heavy atom. The van der Waals surface area contributed by atoms with Gasteiger partial charge in [0, 0.05) is 12.5 Å². The van der Waals surface area contributed by atoms with Crippen LogP contribution in [0.2, 0.25) is 0 Å². The number of nitrogens with two attached hydrogens (primary N) is 1. The molecule has 36 heavy (non-hydrogen) atoms. The second-order valence-electron chi connectivity index (χ2n) is 8.32. The molecular formula is C28H27N3O5. The molecule has 4 aromatic rings. The van der Waals surface area contributed by atoms with Crippen molar-refractivity contribution in [1.29, 1.82) is 0 Å². The number of Topliss-reactive ketones (excluding diaryl/α,β-unsaturated/α-hetero) is 1. The van der Waals surface area contributed by atoms with Crippen LogP contribution in [0.5, 0.6) is 5.75 Å². The number of amides is 1. The molecule has 0 saturated carbocycles. The summed E-state index contributed by atoms with van der Waals surface area (Å²) in [6.07, 6.45) is 0.893. The van der Waals surface area contributed by atoms with Crippen molar-refractivity contribution < 1.29 is 23.9 Å². The maximum atomic E-state index is 13.1. The van der Waals surface area contributed by atoms with Crippen molar-refractivity contribution in [3.8, 4) is 16.9 Å². The number of fused-ring (bicyclic) bond motifs is 1. The van der Waals surface area contributed by atoms with E-state index in [1.807, 2.05) is 61.5 Å². The molecule has 0 bridgehead atoms. The molecule has 2 N–H and O–H groups in total. The monoisotopic (exact) mass is 485 g/mol. The predicted octanol–water partition coefficient (Wildman–Crippen LogP) is 3.68. The second kappa shape index (κ2) is 10.4. The van der Waals surface area contributed by atoms with Gasteiger partial charge < -0.3 is 15.2 Å². The lowest BCUT2D eigenvalue weighted by Gasteiger charge is -2.12. The van der Waals surface area contributed by atoms with Crippen LogP contribution in [0.25, 0.3) is 16.6 Å². The van der Waals surface area contributed by atoms with Gasteiger partial charge in [-0.1, -0.05) is 61.5 Å². The lowest BCUT2D eigenvalue weighted by atomic mass is 9.94. The van der Waals surface area contributed by atoms with Crippen molar-refractivity contribution in [3.63, 3.8) is 0 Å². The van der Waals surface area contributed by atoms with Crippen molar-refractivity contribution >= 4 is 23.2 Å². The molecule has 0 atom stereocenters. The normalized spacial score (nSPS) is 10.9. The topological polar surface area (TPSA) is 113 Å². The summed E-state index contributed by atoms with van der Waals surface area (Å²) in [4.78, 5) is 36.9. The molecule has 0 unspecified atom stereocenters. The number of carbonyl (C=O) groups is 3. The Kier molecular flexibility index (Phi) is 7.15. The fraction of sp³-hybridized carbons (Fsp3) is 0.214. The molecule has 0 radical (unpaired) electrons. The Balaban J connectivity index is 1.96. The molecule has 2 aromatic carbocycles. The summed E-state index contributed by atoms with van der Waals surface area (Å²) in [6.45, 7) is 3.33. The maximum absolute atomic E-state index is 13.1. The minimum atomic E-state index is -1.08. The van der Waals surface area contributed by atoms with Crippen LogP contribution < -0.4 is 10.5 Å². The first-order valence-corrected chi connectivity index (χ1v) is 11.6. The number of carbonyl (C=O) groups excluding carboxylic acids is 3. The number of hydrogen-bond donors (Lipinski definition) is 1. The van der Waals surface area contributed by atoms with Crippen LogP contribution >= 0.6 is 0 Å². The van der Waals surface area contributed by atoms with Gasteiger partial charge >= 0.3 is 5.97 Å². The molecule has 0 fully saturated rings. The van der Waals surface area contributed by atoms with E-state index in [9.17, 15) is 14.4 Å². The third-order valence-corrected chi connectivity index (χ3v) is 6.02. The van der Waals surface area contributed by atoms with Gasteiger partial charge in [-0.05, 0) is 35.6 Å². The first-order chi connectivity index (χ1) is 17.3. The first kappa shape index (κ1) is 24.7. The molecule has 2 heterocycles. The minimum Gasteiger partial charge on any atom is -0.480 e. The maximum Gasteiger partial charge on any atom is 0.343 e. The number of ether oxygens (including phenoxy) is 2. The summed E-state index contributed by atoms with van der Waals surface area (Å²) < 4.78 is 12.1. The van der Waals surface area contributed by atoms with E-state index >= 15 is 0 Å². The van der Waals surface area contributed by atoms with E-state index in [4.69, 9.17) is 10.5 Å². The molecule has 2 aromatic heterocycles. The molecule has 8 nitrogen and oxygen atoms in total. The predicted molar refractivity (Wildman–Crippen MR) is 135 cm³/mol. The first-order valence-electron chi connectivity index (χ1n) is 11.6. The van der Waals surface area contributed by atoms with Gasteiger partial charge in [-0.15, -0.1) is 0 Å². The van der Waals surface area contributed by atoms with Gasteiger partial charge in [0.05, 0.1) is 24.1 Å². The zero-order chi connectivity index (χ0) is 25.8. The lowest BCUT2D eigenvalue weighted by molar-refractivity contribution is -0.142. The Bertz CT molecular complexity index is 1460. The average molecular weight is 486 g/mol. The van der Waals surface area contributed by atoms with Crippen molar-refractivity contribution in [1.82, 2.24) is 9.61 Å². The number of hydrogen-bond acceptors (Lipinski definition) is 6. The highest BCUT2D eigenvalue weighted by molar-refractivity contribution is 6.44. The fourth-order valence-electron chi connectivity index (χ4n) is 4.43. The molecule has 0 aliphatic carbocycles. The standard InChI is InChI=1S/C28H27N3O5/c1-4-20-22(15-19-12-8-9-13-21(19)18-10-6-5-7-11-18)31-26(25(20)27(33)28(29)34)23(14-17(2)30-31)36-16-24(32)35-3/h5-14H,4,15-16H2,1-3H3,(H2,29,34). The summed E-state index contributed by atoms with van der Waals surface area (Å²) in [5, 5.41) is 4.67. The van der Waals surface area contributed by atoms with E-state index in [0.29, 0.717) is 29.6 Å². The molecular weight excluding hydrogens is 458 g/mol. The van der Waals surface area contributed by atoms with E-state index in [-0.39, 0.29) is 17.9 Å². The van der Waals surface area contributed by atoms with Crippen molar-refractivity contribution in [3.05, 3.63) is 88.7 Å². The van der Waals surface area contributed by atoms with Crippen LogP contribution in [0.15, 0.2) is 60.7 Å². The number of methoxy groups -OCH3 is 1. The quantitative estimate of drug-likeness (QED) is 0.220. The molecule has 0 aliphatic heterocycles. The molecule has 0 saturated heterocycles. The highest BCUT2D eigenvalue weighted by Gasteiger charge is 2.29. The largest absolute Gasteiger partial charge is 0.480 e. The number of esters is 1. The number of ketones is 1. The Hall–Kier alpha value is -4.46. The van der Waals surface area contributed by atoms with E-state index in [2.05, 4.69) is 9.84 Å². The molecule has 8 heteroatoms. The van der Waals surface area contributed by atoms with Gasteiger partial charge in [0.15, 0.2) is 6.61 Å². The fourth-order valence-corrected chi connectivity index (χ4v) is 4.43.